The van der Waals surface area contributed by atoms with Crippen molar-refractivity contribution in [1.29, 1.82) is 0 Å². The molecule has 0 fully saturated rings. The lowest BCUT2D eigenvalue weighted by atomic mass is 10.3. The van der Waals surface area contributed by atoms with Crippen molar-refractivity contribution in [2.24, 2.45) is 0 Å². The summed E-state index contributed by atoms with van der Waals surface area (Å²) in [5.41, 5.74) is 0.914. The molecule has 0 aliphatic rings. The van der Waals surface area contributed by atoms with Gasteiger partial charge in [0.25, 0.3) is 5.91 Å². The fourth-order valence-electron chi connectivity index (χ4n) is 1.31. The van der Waals surface area contributed by atoms with Crippen LogP contribution in [0.25, 0.3) is 0 Å². The zero-order valence-electron chi connectivity index (χ0n) is 10.5. The number of anilines is 1. The predicted molar refractivity (Wildman–Crippen MR) is 67.7 cm³/mol. The molecule has 100 valence electrons. The number of aromatic nitrogens is 4. The Labute approximate surface area is 113 Å². The third-order valence-corrected chi connectivity index (χ3v) is 3.04. The van der Waals surface area contributed by atoms with Gasteiger partial charge in [0, 0.05) is 0 Å². The SMILES string of the molecule is COc1ncc(NC(=O)c2snnc2C)c(OC)n1. The van der Waals surface area contributed by atoms with Crippen LogP contribution < -0.4 is 14.8 Å². The quantitative estimate of drug-likeness (QED) is 0.888. The number of carbonyl (C=O) groups is 1. The van der Waals surface area contributed by atoms with Gasteiger partial charge in [0.1, 0.15) is 10.6 Å². The zero-order chi connectivity index (χ0) is 13.8. The summed E-state index contributed by atoms with van der Waals surface area (Å²) in [6.45, 7) is 1.71. The number of amides is 1. The monoisotopic (exact) mass is 281 g/mol. The summed E-state index contributed by atoms with van der Waals surface area (Å²) >= 11 is 1.02. The molecule has 0 aliphatic carbocycles. The minimum atomic E-state index is -0.334. The molecule has 19 heavy (non-hydrogen) atoms. The molecule has 2 rings (SSSR count). The first-order valence-electron chi connectivity index (χ1n) is 5.21. The minimum Gasteiger partial charge on any atom is -0.479 e. The van der Waals surface area contributed by atoms with E-state index in [-0.39, 0.29) is 17.8 Å². The van der Waals surface area contributed by atoms with Gasteiger partial charge in [0.15, 0.2) is 0 Å². The van der Waals surface area contributed by atoms with Crippen molar-refractivity contribution in [1.82, 2.24) is 19.6 Å². The first-order chi connectivity index (χ1) is 9.15. The van der Waals surface area contributed by atoms with E-state index in [1.807, 2.05) is 0 Å². The molecular formula is C10H11N5O3S. The smallest absolute Gasteiger partial charge is 0.319 e. The average molecular weight is 281 g/mol. The van der Waals surface area contributed by atoms with Crippen LogP contribution in [0, 0.1) is 6.92 Å². The van der Waals surface area contributed by atoms with E-state index in [0.717, 1.165) is 11.5 Å². The minimum absolute atomic E-state index is 0.158. The number of hydrogen-bond acceptors (Lipinski definition) is 8. The van der Waals surface area contributed by atoms with E-state index in [1.54, 1.807) is 6.92 Å². The predicted octanol–water partition coefficient (Wildman–Crippen LogP) is 0.906. The Morgan fingerprint density at radius 1 is 1.37 bits per heavy atom. The highest BCUT2D eigenvalue weighted by atomic mass is 32.1. The normalized spacial score (nSPS) is 10.1. The number of nitrogens with one attached hydrogen (secondary N) is 1. The van der Waals surface area contributed by atoms with Gasteiger partial charge in [-0.25, -0.2) is 4.98 Å². The first-order valence-corrected chi connectivity index (χ1v) is 5.98. The Balaban J connectivity index is 2.24. The molecule has 0 atom stereocenters. The molecule has 0 aliphatic heterocycles. The molecule has 8 nitrogen and oxygen atoms in total. The molecule has 0 aromatic carbocycles. The first kappa shape index (κ1) is 13.1. The highest BCUT2D eigenvalue weighted by Crippen LogP contribution is 2.23. The maximum atomic E-state index is 12.0. The molecule has 2 aromatic rings. The highest BCUT2D eigenvalue weighted by molar-refractivity contribution is 7.08. The van der Waals surface area contributed by atoms with Gasteiger partial charge in [-0.3, -0.25) is 4.79 Å². The number of ether oxygens (including phenoxy) is 2. The molecule has 1 amide bonds. The summed E-state index contributed by atoms with van der Waals surface area (Å²) in [7, 11) is 2.89. The van der Waals surface area contributed by atoms with Gasteiger partial charge in [-0.2, -0.15) is 4.98 Å². The fourth-order valence-corrected chi connectivity index (χ4v) is 1.86. The van der Waals surface area contributed by atoms with Crippen LogP contribution >= 0.6 is 11.5 Å². The van der Waals surface area contributed by atoms with Crippen LogP contribution in [0.5, 0.6) is 11.9 Å². The van der Waals surface area contributed by atoms with Gasteiger partial charge < -0.3 is 14.8 Å². The van der Waals surface area contributed by atoms with Gasteiger partial charge in [0.05, 0.1) is 26.1 Å². The molecule has 0 bridgehead atoms. The van der Waals surface area contributed by atoms with Crippen LogP contribution in [0.15, 0.2) is 6.20 Å². The van der Waals surface area contributed by atoms with Crippen LogP contribution in [0.1, 0.15) is 15.4 Å². The van der Waals surface area contributed by atoms with Crippen LogP contribution in [0.2, 0.25) is 0 Å². The second kappa shape index (κ2) is 5.57. The lowest BCUT2D eigenvalue weighted by Crippen LogP contribution is -2.13. The van der Waals surface area contributed by atoms with E-state index < -0.39 is 0 Å². The largest absolute Gasteiger partial charge is 0.479 e. The molecule has 0 radical (unpaired) electrons. The van der Waals surface area contributed by atoms with Gasteiger partial charge in [0.2, 0.25) is 5.88 Å². The number of carbonyl (C=O) groups excluding carboxylic acids is 1. The standard InChI is InChI=1S/C10H11N5O3S/c1-5-7(19-15-14-5)8(16)12-6-4-11-10(18-3)13-9(6)17-2/h4H,1-3H3,(H,12,16). The van der Waals surface area contributed by atoms with Crippen LogP contribution in [0.4, 0.5) is 5.69 Å². The van der Waals surface area contributed by atoms with Gasteiger partial charge in [-0.05, 0) is 18.5 Å². The Morgan fingerprint density at radius 2 is 2.16 bits per heavy atom. The number of rotatable bonds is 4. The maximum Gasteiger partial charge on any atom is 0.319 e. The molecule has 0 unspecified atom stereocenters. The number of methoxy groups -OCH3 is 2. The topological polar surface area (TPSA) is 99.1 Å². The third kappa shape index (κ3) is 2.76. The van der Waals surface area contributed by atoms with Gasteiger partial charge in [-0.1, -0.05) is 4.49 Å². The van der Waals surface area contributed by atoms with Crippen molar-refractivity contribution in [3.63, 3.8) is 0 Å². The Bertz CT molecular complexity index is 601. The molecule has 0 saturated heterocycles. The Kier molecular flexibility index (Phi) is 3.85. The number of hydrogen-bond donors (Lipinski definition) is 1. The summed E-state index contributed by atoms with van der Waals surface area (Å²) in [6.07, 6.45) is 1.41. The van der Waals surface area contributed by atoms with Crippen LogP contribution in [-0.4, -0.2) is 39.7 Å². The highest BCUT2D eigenvalue weighted by Gasteiger charge is 2.16. The molecule has 9 heteroatoms. The van der Waals surface area contributed by atoms with Crippen molar-refractivity contribution in [3.05, 3.63) is 16.8 Å². The van der Waals surface area contributed by atoms with Crippen molar-refractivity contribution in [2.45, 2.75) is 6.92 Å². The number of nitrogens with zero attached hydrogens (tertiary/aromatic N) is 4. The summed E-state index contributed by atoms with van der Waals surface area (Å²) in [5.74, 6) is -0.116. The summed E-state index contributed by atoms with van der Waals surface area (Å²) in [4.78, 5) is 20.3. The van der Waals surface area contributed by atoms with E-state index in [0.29, 0.717) is 16.3 Å². The summed E-state index contributed by atoms with van der Waals surface area (Å²) < 4.78 is 13.6. The Morgan fingerprint density at radius 3 is 2.74 bits per heavy atom. The van der Waals surface area contributed by atoms with E-state index >= 15 is 0 Å². The lowest BCUT2D eigenvalue weighted by molar-refractivity contribution is 0.102. The van der Waals surface area contributed by atoms with Crippen molar-refractivity contribution in [2.75, 3.05) is 19.5 Å². The maximum absolute atomic E-state index is 12.0. The van der Waals surface area contributed by atoms with Crippen LogP contribution in [0.3, 0.4) is 0 Å². The van der Waals surface area contributed by atoms with E-state index in [4.69, 9.17) is 9.47 Å². The van der Waals surface area contributed by atoms with Crippen molar-refractivity contribution < 1.29 is 14.3 Å². The second-order valence-electron chi connectivity index (χ2n) is 3.42. The van der Waals surface area contributed by atoms with E-state index in [1.165, 1.54) is 20.4 Å². The molecule has 2 heterocycles. The average Bonchev–Trinajstić information content (AvgIpc) is 2.85. The zero-order valence-corrected chi connectivity index (χ0v) is 11.3. The van der Waals surface area contributed by atoms with Crippen molar-refractivity contribution >= 4 is 23.1 Å². The summed E-state index contributed by atoms with van der Waals surface area (Å²) in [5, 5.41) is 6.42. The van der Waals surface area contributed by atoms with E-state index in [9.17, 15) is 4.79 Å². The summed E-state index contributed by atoms with van der Waals surface area (Å²) in [6, 6.07) is 0.158. The molecule has 0 spiro atoms. The molecular weight excluding hydrogens is 270 g/mol. The molecule has 2 aromatic heterocycles. The number of aryl methyl sites for hydroxylation is 1. The fraction of sp³-hybridized carbons (Fsp3) is 0.300. The van der Waals surface area contributed by atoms with Crippen molar-refractivity contribution in [3.8, 4) is 11.9 Å². The lowest BCUT2D eigenvalue weighted by Gasteiger charge is -2.08. The van der Waals surface area contributed by atoms with Gasteiger partial charge >= 0.3 is 6.01 Å². The molecule has 1 N–H and O–H groups in total. The Hall–Kier alpha value is -2.29. The van der Waals surface area contributed by atoms with E-state index in [2.05, 4.69) is 24.9 Å². The third-order valence-electron chi connectivity index (χ3n) is 2.21. The van der Waals surface area contributed by atoms with Gasteiger partial charge in [-0.15, -0.1) is 5.10 Å². The second-order valence-corrected chi connectivity index (χ2v) is 4.18. The molecule has 0 saturated carbocycles. The van der Waals surface area contributed by atoms with Crippen LogP contribution in [-0.2, 0) is 0 Å².